The van der Waals surface area contributed by atoms with E-state index in [9.17, 15) is 0 Å². The first-order valence-electron chi connectivity index (χ1n) is 3.85. The summed E-state index contributed by atoms with van der Waals surface area (Å²) in [5.74, 6) is 1.22. The molecule has 1 aromatic heterocycles. The lowest BCUT2D eigenvalue weighted by Crippen LogP contribution is -2.12. The zero-order chi connectivity index (χ0) is 8.27. The first kappa shape index (κ1) is 8.27. The number of aromatic nitrogens is 1. The molecule has 62 valence electrons. The van der Waals surface area contributed by atoms with Crippen LogP contribution >= 0.6 is 0 Å². The predicted octanol–water partition coefficient (Wildman–Crippen LogP) is 1.72. The Morgan fingerprint density at radius 1 is 1.64 bits per heavy atom. The van der Waals surface area contributed by atoms with Crippen LogP contribution in [-0.4, -0.2) is 4.98 Å². The molecule has 1 heterocycles. The molecule has 0 bridgehead atoms. The van der Waals surface area contributed by atoms with Gasteiger partial charge in [0.1, 0.15) is 6.26 Å². The molecule has 1 aromatic rings. The van der Waals surface area contributed by atoms with Gasteiger partial charge < -0.3 is 10.2 Å². The number of nitrogens with zero attached hydrogens (tertiary/aromatic N) is 1. The summed E-state index contributed by atoms with van der Waals surface area (Å²) in [5, 5.41) is 0. The van der Waals surface area contributed by atoms with Crippen molar-refractivity contribution in [3.05, 3.63) is 18.4 Å². The second kappa shape index (κ2) is 3.53. The highest BCUT2D eigenvalue weighted by molar-refractivity contribution is 4.88. The lowest BCUT2D eigenvalue weighted by molar-refractivity contribution is 0.402. The van der Waals surface area contributed by atoms with Crippen LogP contribution in [-0.2, 0) is 0 Å². The Labute approximate surface area is 66.6 Å². The average Bonchev–Trinajstić information content (AvgIpc) is 2.35. The minimum absolute atomic E-state index is 0.0509. The van der Waals surface area contributed by atoms with Crippen molar-refractivity contribution in [3.8, 4) is 0 Å². The SMILES string of the molecule is CC(C)C[C@@H](N)c1ncco1. The van der Waals surface area contributed by atoms with Crippen LogP contribution in [0.3, 0.4) is 0 Å². The molecule has 0 unspecified atom stereocenters. The maximum absolute atomic E-state index is 5.78. The molecule has 0 aromatic carbocycles. The molecule has 0 fully saturated rings. The summed E-state index contributed by atoms with van der Waals surface area (Å²) >= 11 is 0. The summed E-state index contributed by atoms with van der Waals surface area (Å²) in [4.78, 5) is 3.98. The Balaban J connectivity index is 2.49. The molecule has 1 atom stereocenters. The quantitative estimate of drug-likeness (QED) is 0.721. The van der Waals surface area contributed by atoms with Gasteiger partial charge in [0, 0.05) is 0 Å². The molecule has 0 saturated carbocycles. The van der Waals surface area contributed by atoms with Crippen molar-refractivity contribution in [2.45, 2.75) is 26.3 Å². The Morgan fingerprint density at radius 3 is 2.82 bits per heavy atom. The van der Waals surface area contributed by atoms with Crippen LogP contribution in [0.5, 0.6) is 0 Å². The standard InChI is InChI=1S/C8H14N2O/c1-6(2)5-7(9)8-10-3-4-11-8/h3-4,6-7H,5,9H2,1-2H3/t7-/m1/s1. The maximum atomic E-state index is 5.78. The molecule has 11 heavy (non-hydrogen) atoms. The van der Waals surface area contributed by atoms with Crippen LogP contribution in [0.25, 0.3) is 0 Å². The van der Waals surface area contributed by atoms with Crippen molar-refractivity contribution < 1.29 is 4.42 Å². The molecule has 3 heteroatoms. The monoisotopic (exact) mass is 154 g/mol. The summed E-state index contributed by atoms with van der Waals surface area (Å²) in [6.45, 7) is 4.26. The molecule has 0 radical (unpaired) electrons. The topological polar surface area (TPSA) is 52.0 Å². The first-order chi connectivity index (χ1) is 5.20. The van der Waals surface area contributed by atoms with E-state index >= 15 is 0 Å². The molecule has 0 aliphatic rings. The van der Waals surface area contributed by atoms with Crippen molar-refractivity contribution in [1.29, 1.82) is 0 Å². The average molecular weight is 154 g/mol. The van der Waals surface area contributed by atoms with Crippen molar-refractivity contribution >= 4 is 0 Å². The van der Waals surface area contributed by atoms with Crippen molar-refractivity contribution in [3.63, 3.8) is 0 Å². The van der Waals surface area contributed by atoms with Gasteiger partial charge in [-0.25, -0.2) is 4.98 Å². The van der Waals surface area contributed by atoms with E-state index in [1.807, 2.05) is 0 Å². The Bertz CT molecular complexity index is 194. The van der Waals surface area contributed by atoms with Gasteiger partial charge in [-0.1, -0.05) is 13.8 Å². The molecular weight excluding hydrogens is 140 g/mol. The first-order valence-corrected chi connectivity index (χ1v) is 3.85. The van der Waals surface area contributed by atoms with Gasteiger partial charge in [-0.2, -0.15) is 0 Å². The van der Waals surface area contributed by atoms with Crippen LogP contribution in [0.15, 0.2) is 16.9 Å². The lowest BCUT2D eigenvalue weighted by Gasteiger charge is -2.09. The van der Waals surface area contributed by atoms with Crippen LogP contribution in [0.4, 0.5) is 0 Å². The normalized spacial score (nSPS) is 13.8. The highest BCUT2D eigenvalue weighted by Gasteiger charge is 2.11. The highest BCUT2D eigenvalue weighted by atomic mass is 16.3. The third-order valence-corrected chi connectivity index (χ3v) is 1.49. The third-order valence-electron chi connectivity index (χ3n) is 1.49. The molecule has 0 aliphatic carbocycles. The van der Waals surface area contributed by atoms with Gasteiger partial charge in [0.2, 0.25) is 5.89 Å². The number of hydrogen-bond acceptors (Lipinski definition) is 3. The van der Waals surface area contributed by atoms with Crippen LogP contribution in [0.1, 0.15) is 32.2 Å². The summed E-state index contributed by atoms with van der Waals surface area (Å²) in [7, 11) is 0. The van der Waals surface area contributed by atoms with E-state index in [2.05, 4.69) is 18.8 Å². The summed E-state index contributed by atoms with van der Waals surface area (Å²) in [6.07, 6.45) is 4.09. The summed E-state index contributed by atoms with van der Waals surface area (Å²) in [5.41, 5.74) is 5.78. The van der Waals surface area contributed by atoms with E-state index in [-0.39, 0.29) is 6.04 Å². The van der Waals surface area contributed by atoms with Crippen LogP contribution < -0.4 is 5.73 Å². The highest BCUT2D eigenvalue weighted by Crippen LogP contribution is 2.15. The Morgan fingerprint density at radius 2 is 2.36 bits per heavy atom. The van der Waals surface area contributed by atoms with Gasteiger partial charge in [0.05, 0.1) is 12.2 Å². The molecule has 0 amide bonds. The fraction of sp³-hybridized carbons (Fsp3) is 0.625. The molecule has 2 N–H and O–H groups in total. The number of rotatable bonds is 3. The Hall–Kier alpha value is -0.830. The minimum atomic E-state index is -0.0509. The maximum Gasteiger partial charge on any atom is 0.210 e. The lowest BCUT2D eigenvalue weighted by atomic mass is 10.0. The number of oxazole rings is 1. The van der Waals surface area contributed by atoms with E-state index in [4.69, 9.17) is 10.2 Å². The molecule has 1 rings (SSSR count). The van der Waals surface area contributed by atoms with E-state index in [0.717, 1.165) is 6.42 Å². The molecule has 0 spiro atoms. The smallest absolute Gasteiger partial charge is 0.210 e. The number of nitrogens with two attached hydrogens (primary N) is 1. The predicted molar refractivity (Wildman–Crippen MR) is 42.9 cm³/mol. The summed E-state index contributed by atoms with van der Waals surface area (Å²) < 4.78 is 5.06. The van der Waals surface area contributed by atoms with Gasteiger partial charge >= 0.3 is 0 Å². The van der Waals surface area contributed by atoms with E-state index in [1.54, 1.807) is 12.5 Å². The zero-order valence-electron chi connectivity index (χ0n) is 6.95. The summed E-state index contributed by atoms with van der Waals surface area (Å²) in [6, 6.07) is -0.0509. The second-order valence-corrected chi connectivity index (χ2v) is 3.11. The van der Waals surface area contributed by atoms with Gasteiger partial charge in [-0.15, -0.1) is 0 Å². The largest absolute Gasteiger partial charge is 0.447 e. The number of hydrogen-bond donors (Lipinski definition) is 1. The molecular formula is C8H14N2O. The molecule has 3 nitrogen and oxygen atoms in total. The molecule has 0 aliphatic heterocycles. The van der Waals surface area contributed by atoms with Crippen molar-refractivity contribution in [1.82, 2.24) is 4.98 Å². The van der Waals surface area contributed by atoms with Crippen LogP contribution in [0, 0.1) is 5.92 Å². The minimum Gasteiger partial charge on any atom is -0.447 e. The van der Waals surface area contributed by atoms with Crippen molar-refractivity contribution in [2.75, 3.05) is 0 Å². The van der Waals surface area contributed by atoms with Gasteiger partial charge in [-0.3, -0.25) is 0 Å². The van der Waals surface area contributed by atoms with E-state index < -0.39 is 0 Å². The van der Waals surface area contributed by atoms with Gasteiger partial charge in [-0.05, 0) is 12.3 Å². The van der Waals surface area contributed by atoms with Crippen molar-refractivity contribution in [2.24, 2.45) is 11.7 Å². The Kier molecular flexibility index (Phi) is 2.65. The zero-order valence-corrected chi connectivity index (χ0v) is 6.95. The van der Waals surface area contributed by atoms with Crippen LogP contribution in [0.2, 0.25) is 0 Å². The fourth-order valence-corrected chi connectivity index (χ4v) is 1.03. The molecule has 0 saturated heterocycles. The third kappa shape index (κ3) is 2.35. The second-order valence-electron chi connectivity index (χ2n) is 3.11. The van der Waals surface area contributed by atoms with Gasteiger partial charge in [0.15, 0.2) is 0 Å². The van der Waals surface area contributed by atoms with E-state index in [1.165, 1.54) is 0 Å². The van der Waals surface area contributed by atoms with Gasteiger partial charge in [0.25, 0.3) is 0 Å². The van der Waals surface area contributed by atoms with E-state index in [0.29, 0.717) is 11.8 Å². The fourth-order valence-electron chi connectivity index (χ4n) is 1.03.